The summed E-state index contributed by atoms with van der Waals surface area (Å²) in [6.07, 6.45) is 12.6. The predicted octanol–water partition coefficient (Wildman–Crippen LogP) is 4.36. The van der Waals surface area contributed by atoms with Crippen molar-refractivity contribution in [3.8, 4) is 0 Å². The first-order valence-electron chi connectivity index (χ1n) is 9.20. The lowest BCUT2D eigenvalue weighted by Crippen LogP contribution is -2.36. The standard InChI is InChI=1S/C21H29ClN2O4/c1-5-17(12-23-4)11-19(22)14-27-20(6-2)21(25)24-13-18-8-7-9-26-15-28-16(3)10-18/h7-12,14,20H,5-6,13,15H2,1-4H3,(H,24,25)/b9-7+,16-10+,17-11-,18-8+,19-14-,23-12?. The minimum absolute atomic E-state index is 0.156. The van der Waals surface area contributed by atoms with Gasteiger partial charge in [-0.25, -0.2) is 0 Å². The molecule has 0 spiro atoms. The number of carbonyl (C=O) groups is 1. The zero-order valence-corrected chi connectivity index (χ0v) is 17.7. The van der Waals surface area contributed by atoms with E-state index in [0.29, 0.717) is 23.8 Å². The Balaban J connectivity index is 2.69. The summed E-state index contributed by atoms with van der Waals surface area (Å²) < 4.78 is 16.1. The molecule has 1 heterocycles. The maximum absolute atomic E-state index is 12.4. The Morgan fingerprint density at radius 2 is 2.25 bits per heavy atom. The SMILES string of the molecule is CC/C(C=NC)=C/C(Cl)=C/OC(CC)C(=O)NCC1=C/C=C/OCO\C(C)=C\1. The highest BCUT2D eigenvalue weighted by molar-refractivity contribution is 6.31. The zero-order chi connectivity index (χ0) is 20.8. The van der Waals surface area contributed by atoms with Crippen LogP contribution in [0.2, 0.25) is 0 Å². The topological polar surface area (TPSA) is 69.2 Å². The van der Waals surface area contributed by atoms with Crippen molar-refractivity contribution in [2.24, 2.45) is 4.99 Å². The summed E-state index contributed by atoms with van der Waals surface area (Å²) in [5, 5.41) is 3.28. The molecule has 1 unspecified atom stereocenters. The lowest BCUT2D eigenvalue weighted by molar-refractivity contribution is -0.129. The molecule has 6 nitrogen and oxygen atoms in total. The minimum Gasteiger partial charge on any atom is -0.487 e. The lowest BCUT2D eigenvalue weighted by Gasteiger charge is -2.15. The lowest BCUT2D eigenvalue weighted by atomic mass is 10.2. The molecule has 0 saturated carbocycles. The second-order valence-electron chi connectivity index (χ2n) is 5.97. The third kappa shape index (κ3) is 9.46. The van der Waals surface area contributed by atoms with Crippen molar-refractivity contribution in [3.05, 3.63) is 58.8 Å². The van der Waals surface area contributed by atoms with Crippen LogP contribution < -0.4 is 5.32 Å². The van der Waals surface area contributed by atoms with Crippen molar-refractivity contribution in [2.75, 3.05) is 20.4 Å². The highest BCUT2D eigenvalue weighted by Gasteiger charge is 2.16. The number of hydrogen-bond donors (Lipinski definition) is 1. The normalized spacial score (nSPS) is 21.6. The molecule has 1 atom stereocenters. The summed E-state index contributed by atoms with van der Waals surface area (Å²) in [4.78, 5) is 16.4. The van der Waals surface area contributed by atoms with E-state index in [0.717, 1.165) is 17.6 Å². The number of ether oxygens (including phenoxy) is 3. The molecule has 0 aliphatic carbocycles. The maximum atomic E-state index is 12.4. The van der Waals surface area contributed by atoms with Crippen LogP contribution >= 0.6 is 11.6 Å². The van der Waals surface area contributed by atoms with E-state index in [1.807, 2.05) is 32.9 Å². The fourth-order valence-electron chi connectivity index (χ4n) is 2.25. The molecule has 0 aromatic heterocycles. The molecule has 0 fully saturated rings. The van der Waals surface area contributed by atoms with Crippen LogP contribution in [0.4, 0.5) is 0 Å². The molecule has 1 amide bonds. The number of rotatable bonds is 9. The summed E-state index contributed by atoms with van der Waals surface area (Å²) in [5.41, 5.74) is 1.85. The number of allylic oxidation sites excluding steroid dienone is 6. The van der Waals surface area contributed by atoms with Crippen molar-refractivity contribution in [1.29, 1.82) is 0 Å². The van der Waals surface area contributed by atoms with Crippen LogP contribution in [0.3, 0.4) is 0 Å². The molecule has 0 aromatic rings. The van der Waals surface area contributed by atoms with Crippen molar-refractivity contribution >= 4 is 23.7 Å². The van der Waals surface area contributed by atoms with Gasteiger partial charge in [0, 0.05) is 19.8 Å². The Morgan fingerprint density at radius 3 is 2.93 bits per heavy atom. The van der Waals surface area contributed by atoms with Crippen LogP contribution in [-0.2, 0) is 19.0 Å². The smallest absolute Gasteiger partial charge is 0.261 e. The van der Waals surface area contributed by atoms with Gasteiger partial charge < -0.3 is 19.5 Å². The second kappa shape index (κ2) is 13.7. The van der Waals surface area contributed by atoms with Crippen LogP contribution in [0.5, 0.6) is 0 Å². The van der Waals surface area contributed by atoms with E-state index in [9.17, 15) is 4.79 Å². The number of halogens is 1. The number of nitrogens with one attached hydrogen (secondary N) is 1. The molecule has 1 N–H and O–H groups in total. The molecule has 0 aromatic carbocycles. The summed E-state index contributed by atoms with van der Waals surface area (Å²) in [6.45, 7) is 6.21. The van der Waals surface area contributed by atoms with E-state index >= 15 is 0 Å². The fourth-order valence-corrected chi connectivity index (χ4v) is 2.44. The van der Waals surface area contributed by atoms with Crippen molar-refractivity contribution < 1.29 is 19.0 Å². The first kappa shape index (κ1) is 23.6. The van der Waals surface area contributed by atoms with Crippen LogP contribution in [0.1, 0.15) is 33.6 Å². The van der Waals surface area contributed by atoms with Gasteiger partial charge in [-0.3, -0.25) is 9.79 Å². The first-order chi connectivity index (χ1) is 13.5. The van der Waals surface area contributed by atoms with Gasteiger partial charge in [0.25, 0.3) is 5.91 Å². The average molecular weight is 409 g/mol. The molecule has 154 valence electrons. The van der Waals surface area contributed by atoms with E-state index in [4.69, 9.17) is 25.8 Å². The maximum Gasteiger partial charge on any atom is 0.261 e. The third-order valence-corrected chi connectivity index (χ3v) is 3.93. The molecule has 1 rings (SSSR count). The molecule has 0 bridgehead atoms. The van der Waals surface area contributed by atoms with Gasteiger partial charge in [-0.2, -0.15) is 0 Å². The van der Waals surface area contributed by atoms with Crippen molar-refractivity contribution in [3.63, 3.8) is 0 Å². The van der Waals surface area contributed by atoms with Crippen LogP contribution in [0.25, 0.3) is 0 Å². The van der Waals surface area contributed by atoms with Gasteiger partial charge in [0.05, 0.1) is 17.1 Å². The van der Waals surface area contributed by atoms with E-state index < -0.39 is 6.10 Å². The minimum atomic E-state index is -0.635. The second-order valence-corrected chi connectivity index (χ2v) is 6.40. The van der Waals surface area contributed by atoms with Crippen LogP contribution in [0, 0.1) is 0 Å². The Kier molecular flexibility index (Phi) is 11.5. The predicted molar refractivity (Wildman–Crippen MR) is 113 cm³/mol. The van der Waals surface area contributed by atoms with Gasteiger partial charge in [-0.15, -0.1) is 0 Å². The van der Waals surface area contributed by atoms with Gasteiger partial charge in [0.2, 0.25) is 6.79 Å². The summed E-state index contributed by atoms with van der Waals surface area (Å²) in [7, 11) is 1.70. The van der Waals surface area contributed by atoms with E-state index in [1.165, 1.54) is 6.26 Å². The Bertz CT molecular complexity index is 691. The van der Waals surface area contributed by atoms with Gasteiger partial charge in [0.15, 0.2) is 6.10 Å². The monoisotopic (exact) mass is 408 g/mol. The Labute approximate surface area is 172 Å². The molecular weight excluding hydrogens is 380 g/mol. The van der Waals surface area contributed by atoms with Crippen LogP contribution in [-0.4, -0.2) is 38.6 Å². The van der Waals surface area contributed by atoms with Gasteiger partial charge in [-0.1, -0.05) is 31.5 Å². The highest BCUT2D eigenvalue weighted by atomic mass is 35.5. The van der Waals surface area contributed by atoms with E-state index in [-0.39, 0.29) is 12.7 Å². The Morgan fingerprint density at radius 1 is 1.46 bits per heavy atom. The Hall–Kier alpha value is -2.47. The van der Waals surface area contributed by atoms with Crippen molar-refractivity contribution in [1.82, 2.24) is 5.32 Å². The van der Waals surface area contributed by atoms with E-state index in [1.54, 1.807) is 31.7 Å². The molecule has 0 saturated heterocycles. The first-order valence-corrected chi connectivity index (χ1v) is 9.57. The molecule has 0 radical (unpaired) electrons. The van der Waals surface area contributed by atoms with Crippen molar-refractivity contribution in [2.45, 2.75) is 39.7 Å². The third-order valence-electron chi connectivity index (χ3n) is 3.73. The summed E-state index contributed by atoms with van der Waals surface area (Å²) >= 11 is 6.18. The number of amides is 1. The molecule has 1 aliphatic heterocycles. The molecular formula is C21H29ClN2O4. The van der Waals surface area contributed by atoms with Gasteiger partial charge in [0.1, 0.15) is 6.26 Å². The number of nitrogens with zero attached hydrogens (tertiary/aromatic N) is 1. The highest BCUT2D eigenvalue weighted by Crippen LogP contribution is 2.12. The number of carbonyl (C=O) groups excluding carboxylic acids is 1. The molecule has 1 aliphatic rings. The van der Waals surface area contributed by atoms with Gasteiger partial charge in [-0.05, 0) is 49.1 Å². The number of hydrogen-bond acceptors (Lipinski definition) is 5. The summed E-state index contributed by atoms with van der Waals surface area (Å²) in [6, 6.07) is 0. The van der Waals surface area contributed by atoms with E-state index in [2.05, 4.69) is 10.3 Å². The average Bonchev–Trinajstić information content (AvgIpc) is 2.78. The zero-order valence-electron chi connectivity index (χ0n) is 16.9. The van der Waals surface area contributed by atoms with Crippen LogP contribution in [0.15, 0.2) is 63.8 Å². The molecule has 7 heteroatoms. The molecule has 28 heavy (non-hydrogen) atoms. The van der Waals surface area contributed by atoms with Gasteiger partial charge >= 0.3 is 0 Å². The summed E-state index contributed by atoms with van der Waals surface area (Å²) in [5.74, 6) is 0.488. The number of aliphatic imine (C=N–C) groups is 1. The quantitative estimate of drug-likeness (QED) is 0.349. The fraction of sp³-hybridized carbons (Fsp3) is 0.429. The largest absolute Gasteiger partial charge is 0.487 e.